The molecule has 0 bridgehead atoms. The molecule has 0 N–H and O–H groups in total. The topological polar surface area (TPSA) is 22.8 Å². The van der Waals surface area contributed by atoms with Crippen molar-refractivity contribution in [2.24, 2.45) is 0 Å². The molecule has 0 amide bonds. The van der Waals surface area contributed by atoms with E-state index < -0.39 is 0 Å². The largest absolute Gasteiger partial charge is 0.494 e. The van der Waals surface area contributed by atoms with Crippen LogP contribution in [0.3, 0.4) is 0 Å². The van der Waals surface area contributed by atoms with Gasteiger partial charge in [-0.3, -0.25) is 0 Å². The van der Waals surface area contributed by atoms with Gasteiger partial charge in [0.1, 0.15) is 0 Å². The average Bonchev–Trinajstić information content (AvgIpc) is 2.48. The summed E-state index contributed by atoms with van der Waals surface area (Å²) < 4.78 is 12.0. The van der Waals surface area contributed by atoms with E-state index in [-0.39, 0.29) is 18.3 Å². The summed E-state index contributed by atoms with van der Waals surface area (Å²) >= 11 is 0. The van der Waals surface area contributed by atoms with Crippen LogP contribution in [0.15, 0.2) is 18.2 Å². The molecule has 1 heterocycles. The van der Waals surface area contributed by atoms with Crippen molar-refractivity contribution in [1.29, 1.82) is 0 Å². The number of benzene rings is 1. The molecule has 0 saturated carbocycles. The molecule has 1 saturated heterocycles. The number of rotatable bonds is 1. The van der Waals surface area contributed by atoms with Gasteiger partial charge in [0.2, 0.25) is 0 Å². The highest BCUT2D eigenvalue weighted by molar-refractivity contribution is 6.62. The molecule has 0 spiro atoms. The molecule has 1 aliphatic heterocycles. The molecule has 0 atom stereocenters. The molecule has 0 aliphatic carbocycles. The van der Waals surface area contributed by atoms with Gasteiger partial charge in [-0.25, -0.2) is 4.85 Å². The second-order valence-corrected chi connectivity index (χ2v) is 5.75. The lowest BCUT2D eigenvalue weighted by atomic mass is 9.78. The molecule has 3 nitrogen and oxygen atoms in total. The van der Waals surface area contributed by atoms with E-state index in [0.29, 0.717) is 5.69 Å². The van der Waals surface area contributed by atoms with Crippen molar-refractivity contribution in [2.45, 2.75) is 45.8 Å². The van der Waals surface area contributed by atoms with Crippen LogP contribution >= 0.6 is 0 Å². The van der Waals surface area contributed by atoms with Gasteiger partial charge in [-0.1, -0.05) is 18.2 Å². The van der Waals surface area contributed by atoms with Gasteiger partial charge in [-0.2, -0.15) is 0 Å². The molecular weight excluding hydrogens is 225 g/mol. The molecule has 1 aromatic rings. The number of hydrogen-bond donors (Lipinski definition) is 0. The summed E-state index contributed by atoms with van der Waals surface area (Å²) in [7, 11) is -0.353. The monoisotopic (exact) mass is 243 g/mol. The molecule has 0 radical (unpaired) electrons. The summed E-state index contributed by atoms with van der Waals surface area (Å²) in [6.45, 7) is 17.1. The maximum absolute atomic E-state index is 7.05. The van der Waals surface area contributed by atoms with Crippen molar-refractivity contribution in [3.8, 4) is 0 Å². The van der Waals surface area contributed by atoms with Crippen LogP contribution in [0, 0.1) is 13.5 Å². The zero-order chi connectivity index (χ0) is 13.6. The predicted octanol–water partition coefficient (Wildman–Crippen LogP) is 2.85. The highest BCUT2D eigenvalue weighted by atomic mass is 16.7. The molecule has 0 unspecified atom stereocenters. The van der Waals surface area contributed by atoms with E-state index in [1.54, 1.807) is 0 Å². The zero-order valence-electron chi connectivity index (χ0n) is 11.6. The zero-order valence-corrected chi connectivity index (χ0v) is 11.6. The fourth-order valence-corrected chi connectivity index (χ4v) is 1.93. The quantitative estimate of drug-likeness (QED) is 0.559. The minimum Gasteiger partial charge on any atom is -0.399 e. The molecule has 1 aliphatic rings. The van der Waals surface area contributed by atoms with E-state index in [4.69, 9.17) is 15.9 Å². The van der Waals surface area contributed by atoms with Crippen molar-refractivity contribution < 1.29 is 9.31 Å². The molecule has 1 fully saturated rings. The Labute approximate surface area is 109 Å². The maximum atomic E-state index is 7.05. The summed E-state index contributed by atoms with van der Waals surface area (Å²) in [5, 5.41) is 0. The van der Waals surface area contributed by atoms with Crippen LogP contribution < -0.4 is 5.46 Å². The van der Waals surface area contributed by atoms with E-state index in [1.165, 1.54) is 0 Å². The molecule has 2 rings (SSSR count). The van der Waals surface area contributed by atoms with Crippen molar-refractivity contribution in [1.82, 2.24) is 0 Å². The minimum atomic E-state index is -0.353. The number of aryl methyl sites for hydroxylation is 1. The molecule has 94 valence electrons. The Morgan fingerprint density at radius 2 is 1.67 bits per heavy atom. The standard InChI is InChI=1S/C14H18BNO2/c1-10-9-11(7-8-12(10)16-6)15-17-13(2,3)14(4,5)18-15/h7-9H,1-5H3. The van der Waals surface area contributed by atoms with Crippen LogP contribution in [0.4, 0.5) is 5.69 Å². The maximum Gasteiger partial charge on any atom is 0.494 e. The minimum absolute atomic E-state index is 0.329. The van der Waals surface area contributed by atoms with Gasteiger partial charge in [0.25, 0.3) is 0 Å². The summed E-state index contributed by atoms with van der Waals surface area (Å²) in [4.78, 5) is 3.46. The summed E-state index contributed by atoms with van der Waals surface area (Å²) in [6, 6.07) is 5.70. The van der Waals surface area contributed by atoms with Crippen molar-refractivity contribution in [2.75, 3.05) is 0 Å². The van der Waals surface area contributed by atoms with E-state index in [9.17, 15) is 0 Å². The van der Waals surface area contributed by atoms with Crippen molar-refractivity contribution >= 4 is 18.3 Å². The lowest BCUT2D eigenvalue weighted by Gasteiger charge is -2.32. The lowest BCUT2D eigenvalue weighted by Crippen LogP contribution is -2.41. The van der Waals surface area contributed by atoms with E-state index in [2.05, 4.69) is 4.85 Å². The Balaban J connectivity index is 2.31. The van der Waals surface area contributed by atoms with Crippen molar-refractivity contribution in [3.05, 3.63) is 35.2 Å². The summed E-state index contributed by atoms with van der Waals surface area (Å²) in [6.07, 6.45) is 0. The van der Waals surface area contributed by atoms with Crippen LogP contribution in [-0.4, -0.2) is 18.3 Å². The molecule has 18 heavy (non-hydrogen) atoms. The first-order valence-electron chi connectivity index (χ1n) is 6.10. The van der Waals surface area contributed by atoms with Gasteiger partial charge in [-0.15, -0.1) is 0 Å². The normalized spacial score (nSPS) is 20.8. The van der Waals surface area contributed by atoms with Gasteiger partial charge in [-0.05, 0) is 45.6 Å². The van der Waals surface area contributed by atoms with E-state index in [0.717, 1.165) is 11.0 Å². The third kappa shape index (κ3) is 2.05. The first-order chi connectivity index (χ1) is 8.27. The van der Waals surface area contributed by atoms with Crippen LogP contribution in [0.5, 0.6) is 0 Å². The lowest BCUT2D eigenvalue weighted by molar-refractivity contribution is 0.00578. The summed E-state index contributed by atoms with van der Waals surface area (Å²) in [5.41, 5.74) is 1.94. The first-order valence-corrected chi connectivity index (χ1v) is 6.10. The SMILES string of the molecule is [C-]#[N+]c1ccc(B2OC(C)(C)C(C)(C)O2)cc1C. The molecule has 4 heteroatoms. The van der Waals surface area contributed by atoms with E-state index >= 15 is 0 Å². The second kappa shape index (κ2) is 4.12. The molecule has 1 aromatic carbocycles. The van der Waals surface area contributed by atoms with Crippen LogP contribution in [0.2, 0.25) is 0 Å². The Morgan fingerprint density at radius 3 is 2.11 bits per heavy atom. The van der Waals surface area contributed by atoms with Gasteiger partial charge in [0.05, 0.1) is 17.8 Å². The third-order valence-electron chi connectivity index (χ3n) is 3.87. The van der Waals surface area contributed by atoms with Gasteiger partial charge in [0, 0.05) is 0 Å². The van der Waals surface area contributed by atoms with Crippen LogP contribution in [0.1, 0.15) is 33.3 Å². The number of nitrogens with zero attached hydrogens (tertiary/aromatic N) is 1. The van der Waals surface area contributed by atoms with Crippen molar-refractivity contribution in [3.63, 3.8) is 0 Å². The Hall–Kier alpha value is -1.31. The third-order valence-corrected chi connectivity index (χ3v) is 3.87. The Morgan fingerprint density at radius 1 is 1.11 bits per heavy atom. The molecular formula is C14H18BNO2. The average molecular weight is 243 g/mol. The van der Waals surface area contributed by atoms with Gasteiger partial charge < -0.3 is 9.31 Å². The Bertz CT molecular complexity index is 501. The van der Waals surface area contributed by atoms with Gasteiger partial charge >= 0.3 is 7.12 Å². The first kappa shape index (κ1) is 13.1. The predicted molar refractivity (Wildman–Crippen MR) is 73.2 cm³/mol. The number of hydrogen-bond acceptors (Lipinski definition) is 2. The highest BCUT2D eigenvalue weighted by Crippen LogP contribution is 2.36. The van der Waals surface area contributed by atoms with Gasteiger partial charge in [0.15, 0.2) is 5.69 Å². The second-order valence-electron chi connectivity index (χ2n) is 5.75. The Kier molecular flexibility index (Phi) is 3.00. The van der Waals surface area contributed by atoms with E-state index in [1.807, 2.05) is 52.8 Å². The summed E-state index contributed by atoms with van der Waals surface area (Å²) in [5.74, 6) is 0. The highest BCUT2D eigenvalue weighted by Gasteiger charge is 2.51. The van der Waals surface area contributed by atoms with Crippen LogP contribution in [0.25, 0.3) is 4.85 Å². The van der Waals surface area contributed by atoms with Crippen LogP contribution in [-0.2, 0) is 9.31 Å². The smallest absolute Gasteiger partial charge is 0.399 e. The molecule has 0 aromatic heterocycles. The fourth-order valence-electron chi connectivity index (χ4n) is 1.93. The fraction of sp³-hybridized carbons (Fsp3) is 0.500.